The minimum atomic E-state index is -2.78. The van der Waals surface area contributed by atoms with Gasteiger partial charge >= 0.3 is 0 Å². The summed E-state index contributed by atoms with van der Waals surface area (Å²) in [4.78, 5) is 0. The molecule has 3 nitrogen and oxygen atoms in total. The first-order valence-electron chi connectivity index (χ1n) is 8.16. The van der Waals surface area contributed by atoms with E-state index in [4.69, 9.17) is 4.74 Å². The first-order chi connectivity index (χ1) is 9.66. The molecule has 0 aromatic rings. The van der Waals surface area contributed by atoms with E-state index in [0.29, 0.717) is 17.4 Å². The van der Waals surface area contributed by atoms with E-state index in [-0.39, 0.29) is 0 Å². The van der Waals surface area contributed by atoms with Crippen LogP contribution in [0.4, 0.5) is 0 Å². The average molecular weight is 300 g/mol. The van der Waals surface area contributed by atoms with E-state index < -0.39 is 9.84 Å². The van der Waals surface area contributed by atoms with Crippen molar-refractivity contribution in [2.24, 2.45) is 5.92 Å². The van der Waals surface area contributed by atoms with Crippen LogP contribution in [-0.4, -0.2) is 26.5 Å². The molecular weight excluding hydrogens is 272 g/mol. The van der Waals surface area contributed by atoms with Crippen LogP contribution in [0.2, 0.25) is 0 Å². The molecule has 1 unspecified atom stereocenters. The van der Waals surface area contributed by atoms with Gasteiger partial charge in [-0.1, -0.05) is 12.8 Å². The number of hydrogen-bond acceptors (Lipinski definition) is 3. The molecule has 2 fully saturated rings. The van der Waals surface area contributed by atoms with E-state index in [1.54, 1.807) is 0 Å². The van der Waals surface area contributed by atoms with Crippen molar-refractivity contribution in [2.75, 3.05) is 18.1 Å². The van der Waals surface area contributed by atoms with Crippen LogP contribution >= 0.6 is 0 Å². The quantitative estimate of drug-likeness (QED) is 0.572. The maximum atomic E-state index is 11.7. The van der Waals surface area contributed by atoms with E-state index in [0.717, 1.165) is 38.7 Å². The Balaban J connectivity index is 1.62. The molecule has 0 spiro atoms. The van der Waals surface area contributed by atoms with Crippen LogP contribution < -0.4 is 0 Å². The first kappa shape index (κ1) is 15.9. The lowest BCUT2D eigenvalue weighted by molar-refractivity contribution is 0.228. The molecule has 0 amide bonds. The molecule has 0 aromatic heterocycles. The van der Waals surface area contributed by atoms with Crippen LogP contribution in [0.5, 0.6) is 0 Å². The monoisotopic (exact) mass is 300 g/mol. The smallest absolute Gasteiger partial charge is 0.150 e. The minimum Gasteiger partial charge on any atom is -0.501 e. The van der Waals surface area contributed by atoms with Gasteiger partial charge in [-0.2, -0.15) is 0 Å². The number of allylic oxidation sites excluding steroid dienone is 1. The third-order valence-electron chi connectivity index (χ3n) is 4.43. The Hall–Kier alpha value is -0.510. The first-order valence-corrected chi connectivity index (χ1v) is 9.98. The van der Waals surface area contributed by atoms with Crippen LogP contribution in [0.15, 0.2) is 11.8 Å². The maximum absolute atomic E-state index is 11.7. The van der Waals surface area contributed by atoms with Crippen LogP contribution in [0.1, 0.15) is 64.2 Å². The van der Waals surface area contributed by atoms with Crippen molar-refractivity contribution in [3.8, 4) is 0 Å². The molecule has 20 heavy (non-hydrogen) atoms. The maximum Gasteiger partial charge on any atom is 0.150 e. The Morgan fingerprint density at radius 1 is 1.10 bits per heavy atom. The van der Waals surface area contributed by atoms with Gasteiger partial charge in [0.15, 0.2) is 9.84 Å². The summed E-state index contributed by atoms with van der Waals surface area (Å²) in [6.45, 7) is 0.736. The lowest BCUT2D eigenvalue weighted by Crippen LogP contribution is -2.16. The molecule has 1 saturated heterocycles. The molecule has 1 atom stereocenters. The Bertz CT molecular complexity index is 403. The molecule has 0 radical (unpaired) electrons. The van der Waals surface area contributed by atoms with Crippen LogP contribution in [-0.2, 0) is 14.6 Å². The van der Waals surface area contributed by atoms with Gasteiger partial charge < -0.3 is 4.74 Å². The second-order valence-corrected chi connectivity index (χ2v) is 8.55. The minimum absolute atomic E-state index is 0.355. The lowest BCUT2D eigenvalue weighted by atomic mass is 9.96. The molecule has 2 aliphatic rings. The zero-order chi connectivity index (χ0) is 14.3. The van der Waals surface area contributed by atoms with Gasteiger partial charge in [0, 0.05) is 0 Å². The highest BCUT2D eigenvalue weighted by Gasteiger charge is 2.22. The van der Waals surface area contributed by atoms with Crippen molar-refractivity contribution >= 4 is 9.84 Å². The highest BCUT2D eigenvalue weighted by Crippen LogP contribution is 2.24. The number of rotatable bonds is 5. The molecule has 116 valence electrons. The zero-order valence-electron chi connectivity index (χ0n) is 12.5. The van der Waals surface area contributed by atoms with E-state index in [2.05, 4.69) is 0 Å². The topological polar surface area (TPSA) is 43.4 Å². The van der Waals surface area contributed by atoms with Gasteiger partial charge in [0.2, 0.25) is 0 Å². The average Bonchev–Trinajstić information content (AvgIpc) is 2.60. The van der Waals surface area contributed by atoms with Crippen molar-refractivity contribution in [3.05, 3.63) is 11.8 Å². The van der Waals surface area contributed by atoms with Gasteiger partial charge in [-0.25, -0.2) is 8.42 Å². The van der Waals surface area contributed by atoms with Gasteiger partial charge in [0.05, 0.1) is 24.4 Å². The summed E-state index contributed by atoms with van der Waals surface area (Å²) >= 11 is 0. The van der Waals surface area contributed by atoms with Gasteiger partial charge in [0.1, 0.15) is 0 Å². The third kappa shape index (κ3) is 5.86. The summed E-state index contributed by atoms with van der Waals surface area (Å²) in [6, 6.07) is 0. The summed E-state index contributed by atoms with van der Waals surface area (Å²) in [5.41, 5.74) is 1.45. The molecule has 1 saturated carbocycles. The molecule has 1 aliphatic carbocycles. The van der Waals surface area contributed by atoms with E-state index in [1.165, 1.54) is 37.7 Å². The molecular formula is C16H28O3S. The van der Waals surface area contributed by atoms with Crippen molar-refractivity contribution in [1.29, 1.82) is 0 Å². The standard InChI is InChI=1S/C16H28O3S/c17-20(18)12-5-4-9-16(14-20)10-6-11-19-13-15-7-2-1-3-8-15/h13,16H,1-12,14H2. The van der Waals surface area contributed by atoms with E-state index >= 15 is 0 Å². The van der Waals surface area contributed by atoms with E-state index in [1.807, 2.05) is 6.26 Å². The number of sulfone groups is 1. The Morgan fingerprint density at radius 3 is 2.70 bits per heavy atom. The summed E-state index contributed by atoms with van der Waals surface area (Å²) < 4.78 is 29.1. The van der Waals surface area contributed by atoms with Gasteiger partial charge in [-0.3, -0.25) is 0 Å². The van der Waals surface area contributed by atoms with Gasteiger partial charge in [-0.15, -0.1) is 0 Å². The summed E-state index contributed by atoms with van der Waals surface area (Å²) in [5.74, 6) is 1.15. The predicted octanol–water partition coefficient (Wildman–Crippen LogP) is 3.85. The third-order valence-corrected chi connectivity index (χ3v) is 6.32. The van der Waals surface area contributed by atoms with Crippen LogP contribution in [0.25, 0.3) is 0 Å². The molecule has 4 heteroatoms. The Morgan fingerprint density at radius 2 is 1.90 bits per heavy atom. The SMILES string of the molecule is O=S1(=O)CCCCC(CCCOC=C2CCCCC2)C1. The molecule has 2 rings (SSSR count). The Kier molecular flexibility index (Phi) is 6.40. The molecule has 0 bridgehead atoms. The Labute approximate surface area is 123 Å². The fourth-order valence-corrected chi connectivity index (χ4v) is 5.13. The normalized spacial score (nSPS) is 26.8. The zero-order valence-corrected chi connectivity index (χ0v) is 13.3. The van der Waals surface area contributed by atoms with Gasteiger partial charge in [0.25, 0.3) is 0 Å². The number of ether oxygens (including phenoxy) is 1. The summed E-state index contributed by atoms with van der Waals surface area (Å²) in [5, 5.41) is 0. The second-order valence-electron chi connectivity index (χ2n) is 6.33. The highest BCUT2D eigenvalue weighted by atomic mass is 32.2. The van der Waals surface area contributed by atoms with Crippen molar-refractivity contribution < 1.29 is 13.2 Å². The summed E-state index contributed by atoms with van der Waals surface area (Å²) in [6.07, 6.45) is 13.3. The largest absolute Gasteiger partial charge is 0.501 e. The fourth-order valence-electron chi connectivity index (χ4n) is 3.26. The molecule has 1 aliphatic heterocycles. The van der Waals surface area contributed by atoms with E-state index in [9.17, 15) is 8.42 Å². The van der Waals surface area contributed by atoms with Gasteiger partial charge in [-0.05, 0) is 62.9 Å². The molecule has 1 heterocycles. The van der Waals surface area contributed by atoms with Crippen molar-refractivity contribution in [1.82, 2.24) is 0 Å². The molecule has 0 N–H and O–H groups in total. The van der Waals surface area contributed by atoms with Crippen LogP contribution in [0, 0.1) is 5.92 Å². The molecule has 0 aromatic carbocycles. The number of hydrogen-bond donors (Lipinski definition) is 0. The lowest BCUT2D eigenvalue weighted by Gasteiger charge is -2.15. The highest BCUT2D eigenvalue weighted by molar-refractivity contribution is 7.91. The van der Waals surface area contributed by atoms with Crippen molar-refractivity contribution in [3.63, 3.8) is 0 Å². The summed E-state index contributed by atoms with van der Waals surface area (Å²) in [7, 11) is -2.78. The van der Waals surface area contributed by atoms with Crippen molar-refractivity contribution in [2.45, 2.75) is 64.2 Å². The predicted molar refractivity (Wildman–Crippen MR) is 82.3 cm³/mol. The fraction of sp³-hybridized carbons (Fsp3) is 0.875. The second kappa shape index (κ2) is 8.06. The van der Waals surface area contributed by atoms with Crippen LogP contribution in [0.3, 0.4) is 0 Å².